The topological polar surface area (TPSA) is 20.3 Å². The molecule has 25 heavy (non-hydrogen) atoms. The van der Waals surface area contributed by atoms with Crippen LogP contribution in [-0.2, 0) is 13.0 Å². The molecule has 0 aliphatic carbocycles. The predicted molar refractivity (Wildman–Crippen MR) is 101 cm³/mol. The van der Waals surface area contributed by atoms with Gasteiger partial charge < -0.3 is 4.90 Å². The summed E-state index contributed by atoms with van der Waals surface area (Å²) in [6.45, 7) is 0.599. The van der Waals surface area contributed by atoms with E-state index in [0.717, 1.165) is 28.7 Å². The number of benzene rings is 3. The highest BCUT2D eigenvalue weighted by Crippen LogP contribution is 2.35. The van der Waals surface area contributed by atoms with E-state index in [9.17, 15) is 4.79 Å². The van der Waals surface area contributed by atoms with Crippen molar-refractivity contribution >= 4 is 17.5 Å². The molecule has 124 valence electrons. The molecule has 3 aromatic rings. The number of fused-ring (bicyclic) bond motifs is 1. The third-order valence-electron chi connectivity index (χ3n) is 4.73. The zero-order valence-electron chi connectivity index (χ0n) is 13.7. The van der Waals surface area contributed by atoms with E-state index < -0.39 is 0 Å². The first kappa shape index (κ1) is 15.9. The first-order chi connectivity index (χ1) is 12.2. The standard InChI is InChI=1S/C22H18ClNO/c23-19-11-12-20-18(13-19)14-21(17-9-5-2-6-10-17)24(22(20)25)15-16-7-3-1-4-8-16/h1-13,21H,14-15H2. The number of amides is 1. The largest absolute Gasteiger partial charge is 0.327 e. The summed E-state index contributed by atoms with van der Waals surface area (Å²) >= 11 is 6.16. The van der Waals surface area contributed by atoms with Gasteiger partial charge in [-0.3, -0.25) is 4.79 Å². The van der Waals surface area contributed by atoms with Crippen molar-refractivity contribution in [3.63, 3.8) is 0 Å². The van der Waals surface area contributed by atoms with Crippen LogP contribution in [0.2, 0.25) is 5.02 Å². The van der Waals surface area contributed by atoms with Crippen LogP contribution in [0.5, 0.6) is 0 Å². The van der Waals surface area contributed by atoms with E-state index in [0.29, 0.717) is 11.6 Å². The summed E-state index contributed by atoms with van der Waals surface area (Å²) in [6, 6.07) is 25.9. The molecule has 1 amide bonds. The molecule has 1 aliphatic rings. The molecule has 0 aromatic heterocycles. The average Bonchev–Trinajstić information content (AvgIpc) is 2.65. The van der Waals surface area contributed by atoms with Crippen LogP contribution in [0.15, 0.2) is 78.9 Å². The molecule has 1 atom stereocenters. The maximum absolute atomic E-state index is 13.2. The first-order valence-electron chi connectivity index (χ1n) is 8.40. The summed E-state index contributed by atoms with van der Waals surface area (Å²) in [7, 11) is 0. The van der Waals surface area contributed by atoms with Gasteiger partial charge in [0, 0.05) is 17.1 Å². The Kier molecular flexibility index (Phi) is 4.29. The molecule has 0 radical (unpaired) electrons. The lowest BCUT2D eigenvalue weighted by atomic mass is 9.89. The van der Waals surface area contributed by atoms with Crippen LogP contribution in [0.3, 0.4) is 0 Å². The van der Waals surface area contributed by atoms with Gasteiger partial charge in [0.1, 0.15) is 0 Å². The van der Waals surface area contributed by atoms with Gasteiger partial charge in [0.15, 0.2) is 0 Å². The molecular formula is C22H18ClNO. The fourth-order valence-electron chi connectivity index (χ4n) is 3.49. The Hall–Kier alpha value is -2.58. The fraction of sp³-hybridized carbons (Fsp3) is 0.136. The lowest BCUT2D eigenvalue weighted by Crippen LogP contribution is -2.39. The monoisotopic (exact) mass is 347 g/mol. The van der Waals surface area contributed by atoms with Gasteiger partial charge in [-0.2, -0.15) is 0 Å². The molecule has 4 rings (SSSR count). The van der Waals surface area contributed by atoms with Crippen molar-refractivity contribution < 1.29 is 4.79 Å². The molecule has 2 nitrogen and oxygen atoms in total. The molecule has 3 heteroatoms. The third kappa shape index (κ3) is 3.18. The second kappa shape index (κ2) is 6.73. The second-order valence-electron chi connectivity index (χ2n) is 6.35. The van der Waals surface area contributed by atoms with Crippen molar-refractivity contribution in [2.24, 2.45) is 0 Å². The molecule has 0 bridgehead atoms. The summed E-state index contributed by atoms with van der Waals surface area (Å²) in [5.41, 5.74) is 4.06. The second-order valence-corrected chi connectivity index (χ2v) is 6.79. The smallest absolute Gasteiger partial charge is 0.254 e. The minimum atomic E-state index is 0.0138. The van der Waals surface area contributed by atoms with E-state index in [4.69, 9.17) is 11.6 Å². The number of nitrogens with zero attached hydrogens (tertiary/aromatic N) is 1. The highest BCUT2D eigenvalue weighted by molar-refractivity contribution is 6.30. The highest BCUT2D eigenvalue weighted by atomic mass is 35.5. The number of hydrogen-bond donors (Lipinski definition) is 0. The number of hydrogen-bond acceptors (Lipinski definition) is 1. The zero-order chi connectivity index (χ0) is 17.2. The maximum Gasteiger partial charge on any atom is 0.254 e. The molecule has 1 unspecified atom stereocenters. The van der Waals surface area contributed by atoms with Crippen molar-refractivity contribution in [2.45, 2.75) is 19.0 Å². The van der Waals surface area contributed by atoms with E-state index in [-0.39, 0.29) is 11.9 Å². The van der Waals surface area contributed by atoms with Crippen molar-refractivity contribution in [2.75, 3.05) is 0 Å². The molecular weight excluding hydrogens is 330 g/mol. The summed E-state index contributed by atoms with van der Waals surface area (Å²) in [5.74, 6) is 0.0654. The van der Waals surface area contributed by atoms with Crippen LogP contribution in [0, 0.1) is 0 Å². The lowest BCUT2D eigenvalue weighted by Gasteiger charge is -2.37. The average molecular weight is 348 g/mol. The van der Waals surface area contributed by atoms with Gasteiger partial charge in [-0.25, -0.2) is 0 Å². The summed E-state index contributed by atoms with van der Waals surface area (Å²) < 4.78 is 0. The Morgan fingerprint density at radius 3 is 2.32 bits per heavy atom. The van der Waals surface area contributed by atoms with E-state index >= 15 is 0 Å². The van der Waals surface area contributed by atoms with Gasteiger partial charge in [-0.05, 0) is 41.3 Å². The Morgan fingerprint density at radius 1 is 0.920 bits per heavy atom. The van der Waals surface area contributed by atoms with Gasteiger partial charge >= 0.3 is 0 Å². The number of halogens is 1. The lowest BCUT2D eigenvalue weighted by molar-refractivity contribution is 0.0629. The van der Waals surface area contributed by atoms with Crippen LogP contribution in [0.4, 0.5) is 0 Å². The van der Waals surface area contributed by atoms with E-state index in [1.165, 1.54) is 0 Å². The Labute approximate surface area is 152 Å². The molecule has 0 saturated carbocycles. The molecule has 0 spiro atoms. The number of carbonyl (C=O) groups excluding carboxylic acids is 1. The van der Waals surface area contributed by atoms with E-state index in [2.05, 4.69) is 24.3 Å². The fourth-order valence-corrected chi connectivity index (χ4v) is 3.68. The van der Waals surface area contributed by atoms with E-state index in [1.807, 2.05) is 53.4 Å². The van der Waals surface area contributed by atoms with Crippen molar-refractivity contribution in [1.82, 2.24) is 4.90 Å². The minimum absolute atomic E-state index is 0.0138. The number of carbonyl (C=O) groups is 1. The third-order valence-corrected chi connectivity index (χ3v) is 4.96. The Morgan fingerprint density at radius 2 is 1.60 bits per heavy atom. The number of rotatable bonds is 3. The minimum Gasteiger partial charge on any atom is -0.327 e. The molecule has 1 aliphatic heterocycles. The van der Waals surface area contributed by atoms with Crippen LogP contribution < -0.4 is 0 Å². The first-order valence-corrected chi connectivity index (χ1v) is 8.78. The van der Waals surface area contributed by atoms with Gasteiger partial charge in [-0.15, -0.1) is 0 Å². The summed E-state index contributed by atoms with van der Waals surface area (Å²) in [4.78, 5) is 15.2. The van der Waals surface area contributed by atoms with Gasteiger partial charge in [0.25, 0.3) is 5.91 Å². The Balaban J connectivity index is 1.77. The molecule has 0 N–H and O–H groups in total. The van der Waals surface area contributed by atoms with Gasteiger partial charge in [0.05, 0.1) is 6.04 Å². The summed E-state index contributed by atoms with van der Waals surface area (Å²) in [6.07, 6.45) is 0.776. The van der Waals surface area contributed by atoms with Crippen molar-refractivity contribution in [3.8, 4) is 0 Å². The quantitative estimate of drug-likeness (QED) is 0.631. The van der Waals surface area contributed by atoms with Crippen molar-refractivity contribution in [1.29, 1.82) is 0 Å². The SMILES string of the molecule is O=C1c2ccc(Cl)cc2CC(c2ccccc2)N1Cc1ccccc1. The van der Waals surface area contributed by atoms with Crippen LogP contribution in [0.1, 0.15) is 33.1 Å². The Bertz CT molecular complexity index is 892. The van der Waals surface area contributed by atoms with Gasteiger partial charge in [0.2, 0.25) is 0 Å². The predicted octanol–water partition coefficient (Wildman–Crippen LogP) is 5.28. The van der Waals surface area contributed by atoms with Crippen LogP contribution in [-0.4, -0.2) is 10.8 Å². The van der Waals surface area contributed by atoms with E-state index in [1.54, 1.807) is 6.07 Å². The molecule has 1 heterocycles. The maximum atomic E-state index is 13.2. The van der Waals surface area contributed by atoms with Crippen LogP contribution in [0.25, 0.3) is 0 Å². The van der Waals surface area contributed by atoms with Gasteiger partial charge in [-0.1, -0.05) is 72.3 Å². The van der Waals surface area contributed by atoms with Crippen molar-refractivity contribution in [3.05, 3.63) is 106 Å². The zero-order valence-corrected chi connectivity index (χ0v) is 14.5. The van der Waals surface area contributed by atoms with Crippen LogP contribution >= 0.6 is 11.6 Å². The molecule has 0 fully saturated rings. The molecule has 3 aromatic carbocycles. The molecule has 0 saturated heterocycles. The normalized spacial score (nSPS) is 16.6. The highest BCUT2D eigenvalue weighted by Gasteiger charge is 2.33. The summed E-state index contributed by atoms with van der Waals surface area (Å²) in [5, 5.41) is 0.676.